The van der Waals surface area contributed by atoms with Crippen molar-refractivity contribution in [1.29, 1.82) is 0 Å². The minimum atomic E-state index is 0.432. The standard InChI is InChI=1S/C15H18BrNOS/c1-17-12(10-15-14(16)6-7-19-15)8-11-4-3-5-13(9-11)18-2/h3-7,9,12,17H,8,10H2,1-2H3. The molecule has 19 heavy (non-hydrogen) atoms. The average Bonchev–Trinajstić information content (AvgIpc) is 2.83. The zero-order valence-corrected chi connectivity index (χ0v) is 13.6. The van der Waals surface area contributed by atoms with Crippen molar-refractivity contribution < 1.29 is 4.74 Å². The van der Waals surface area contributed by atoms with E-state index in [1.165, 1.54) is 14.9 Å². The van der Waals surface area contributed by atoms with Crippen LogP contribution in [0.3, 0.4) is 0 Å². The number of nitrogens with one attached hydrogen (secondary N) is 1. The van der Waals surface area contributed by atoms with Gasteiger partial charge in [0.05, 0.1) is 7.11 Å². The third-order valence-corrected chi connectivity index (χ3v) is 5.10. The molecule has 0 aliphatic heterocycles. The normalized spacial score (nSPS) is 12.4. The van der Waals surface area contributed by atoms with Crippen LogP contribution >= 0.6 is 27.3 Å². The van der Waals surface area contributed by atoms with Gasteiger partial charge in [-0.05, 0) is 65.0 Å². The topological polar surface area (TPSA) is 21.3 Å². The minimum absolute atomic E-state index is 0.432. The predicted molar refractivity (Wildman–Crippen MR) is 85.3 cm³/mol. The molecule has 0 fully saturated rings. The fourth-order valence-corrected chi connectivity index (χ4v) is 3.65. The Morgan fingerprint density at radius 3 is 2.79 bits per heavy atom. The first kappa shape index (κ1) is 14.6. The number of hydrogen-bond acceptors (Lipinski definition) is 3. The van der Waals surface area contributed by atoms with E-state index in [1.807, 2.05) is 19.2 Å². The van der Waals surface area contributed by atoms with E-state index in [2.05, 4.69) is 44.8 Å². The smallest absolute Gasteiger partial charge is 0.119 e. The van der Waals surface area contributed by atoms with Crippen LogP contribution in [0.1, 0.15) is 10.4 Å². The molecule has 2 aromatic rings. The molecule has 102 valence electrons. The Bertz CT molecular complexity index is 526. The highest BCUT2D eigenvalue weighted by Gasteiger charge is 2.12. The molecule has 1 aromatic carbocycles. The van der Waals surface area contributed by atoms with Crippen molar-refractivity contribution in [3.63, 3.8) is 0 Å². The summed E-state index contributed by atoms with van der Waals surface area (Å²) < 4.78 is 6.48. The van der Waals surface area contributed by atoms with Gasteiger partial charge >= 0.3 is 0 Å². The van der Waals surface area contributed by atoms with E-state index in [9.17, 15) is 0 Å². The Hall–Kier alpha value is -0.840. The van der Waals surface area contributed by atoms with Gasteiger partial charge in [-0.15, -0.1) is 11.3 Å². The van der Waals surface area contributed by atoms with E-state index < -0.39 is 0 Å². The number of halogens is 1. The van der Waals surface area contributed by atoms with Gasteiger partial charge in [0.1, 0.15) is 5.75 Å². The summed E-state index contributed by atoms with van der Waals surface area (Å²) in [6.07, 6.45) is 2.03. The van der Waals surface area contributed by atoms with Crippen molar-refractivity contribution in [2.24, 2.45) is 0 Å². The van der Waals surface area contributed by atoms with Gasteiger partial charge in [-0.2, -0.15) is 0 Å². The molecule has 0 radical (unpaired) electrons. The third kappa shape index (κ3) is 4.06. The minimum Gasteiger partial charge on any atom is -0.497 e. The maximum Gasteiger partial charge on any atom is 0.119 e. The zero-order valence-electron chi connectivity index (χ0n) is 11.2. The fraction of sp³-hybridized carbons (Fsp3) is 0.333. The summed E-state index contributed by atoms with van der Waals surface area (Å²) in [7, 11) is 3.73. The van der Waals surface area contributed by atoms with Crippen LogP contribution in [0.5, 0.6) is 5.75 Å². The molecule has 0 spiro atoms. The molecular formula is C15H18BrNOS. The quantitative estimate of drug-likeness (QED) is 0.861. The first-order valence-electron chi connectivity index (χ1n) is 6.25. The molecule has 1 N–H and O–H groups in total. The van der Waals surface area contributed by atoms with Crippen molar-refractivity contribution in [2.45, 2.75) is 18.9 Å². The molecule has 0 saturated carbocycles. The number of rotatable bonds is 6. The Morgan fingerprint density at radius 1 is 1.32 bits per heavy atom. The number of ether oxygens (including phenoxy) is 1. The molecule has 2 nitrogen and oxygen atoms in total. The van der Waals surface area contributed by atoms with E-state index in [0.717, 1.165) is 18.6 Å². The third-order valence-electron chi connectivity index (χ3n) is 3.15. The highest BCUT2D eigenvalue weighted by Crippen LogP contribution is 2.25. The summed E-state index contributed by atoms with van der Waals surface area (Å²) in [6.45, 7) is 0. The molecule has 0 bridgehead atoms. The zero-order chi connectivity index (χ0) is 13.7. The molecule has 1 atom stereocenters. The monoisotopic (exact) mass is 339 g/mol. The first-order chi connectivity index (χ1) is 9.22. The van der Waals surface area contributed by atoms with Crippen molar-refractivity contribution in [3.8, 4) is 5.75 Å². The van der Waals surface area contributed by atoms with Gasteiger partial charge in [0.25, 0.3) is 0 Å². The number of thiophene rings is 1. The molecule has 0 amide bonds. The first-order valence-corrected chi connectivity index (χ1v) is 7.92. The van der Waals surface area contributed by atoms with Gasteiger partial charge in [-0.3, -0.25) is 0 Å². The Morgan fingerprint density at radius 2 is 2.16 bits per heavy atom. The van der Waals surface area contributed by atoms with Crippen molar-refractivity contribution >= 4 is 27.3 Å². The average molecular weight is 340 g/mol. The second-order valence-electron chi connectivity index (χ2n) is 4.44. The van der Waals surface area contributed by atoms with E-state index in [0.29, 0.717) is 6.04 Å². The second-order valence-corrected chi connectivity index (χ2v) is 6.29. The molecule has 0 aliphatic rings. The van der Waals surface area contributed by atoms with Gasteiger partial charge < -0.3 is 10.1 Å². The summed E-state index contributed by atoms with van der Waals surface area (Å²) >= 11 is 5.39. The molecule has 1 aromatic heterocycles. The number of likely N-dealkylation sites (N-methyl/N-ethyl adjacent to an activating group) is 1. The van der Waals surface area contributed by atoms with Gasteiger partial charge in [0.2, 0.25) is 0 Å². The summed E-state index contributed by atoms with van der Waals surface area (Å²) in [4.78, 5) is 1.39. The maximum atomic E-state index is 5.27. The summed E-state index contributed by atoms with van der Waals surface area (Å²) in [5.41, 5.74) is 1.30. The van der Waals surface area contributed by atoms with E-state index in [4.69, 9.17) is 4.74 Å². The van der Waals surface area contributed by atoms with Crippen LogP contribution in [0.4, 0.5) is 0 Å². The van der Waals surface area contributed by atoms with E-state index >= 15 is 0 Å². The molecule has 0 saturated heterocycles. The van der Waals surface area contributed by atoms with E-state index in [1.54, 1.807) is 18.4 Å². The maximum absolute atomic E-state index is 5.27. The van der Waals surface area contributed by atoms with Crippen LogP contribution in [0.15, 0.2) is 40.2 Å². The highest BCUT2D eigenvalue weighted by molar-refractivity contribution is 9.10. The van der Waals surface area contributed by atoms with Gasteiger partial charge in [-0.1, -0.05) is 12.1 Å². The van der Waals surface area contributed by atoms with Crippen LogP contribution < -0.4 is 10.1 Å². The lowest BCUT2D eigenvalue weighted by Gasteiger charge is -2.16. The predicted octanol–water partition coefficient (Wildman–Crippen LogP) is 3.89. The second kappa shape index (κ2) is 7.08. The van der Waals surface area contributed by atoms with Crippen LogP contribution in [-0.2, 0) is 12.8 Å². The molecule has 0 aliphatic carbocycles. The van der Waals surface area contributed by atoms with Crippen molar-refractivity contribution in [2.75, 3.05) is 14.2 Å². The molecular weight excluding hydrogens is 322 g/mol. The fourth-order valence-electron chi connectivity index (χ4n) is 2.05. The van der Waals surface area contributed by atoms with Crippen molar-refractivity contribution in [1.82, 2.24) is 5.32 Å². The summed E-state index contributed by atoms with van der Waals surface area (Å²) in [6, 6.07) is 10.8. The van der Waals surface area contributed by atoms with Crippen LogP contribution in [0.2, 0.25) is 0 Å². The lowest BCUT2D eigenvalue weighted by molar-refractivity contribution is 0.414. The Kier molecular flexibility index (Phi) is 5.43. The van der Waals surface area contributed by atoms with Gasteiger partial charge in [0, 0.05) is 15.4 Å². The highest BCUT2D eigenvalue weighted by atomic mass is 79.9. The van der Waals surface area contributed by atoms with Gasteiger partial charge in [-0.25, -0.2) is 0 Å². The van der Waals surface area contributed by atoms with Crippen LogP contribution in [0.25, 0.3) is 0 Å². The lowest BCUT2D eigenvalue weighted by atomic mass is 10.0. The lowest BCUT2D eigenvalue weighted by Crippen LogP contribution is -2.29. The molecule has 1 heterocycles. The van der Waals surface area contributed by atoms with Gasteiger partial charge in [0.15, 0.2) is 0 Å². The Balaban J connectivity index is 2.04. The number of benzene rings is 1. The van der Waals surface area contributed by atoms with Crippen LogP contribution in [-0.4, -0.2) is 20.2 Å². The Labute approximate surface area is 126 Å². The summed E-state index contributed by atoms with van der Waals surface area (Å²) in [5, 5.41) is 5.52. The molecule has 1 unspecified atom stereocenters. The largest absolute Gasteiger partial charge is 0.497 e. The van der Waals surface area contributed by atoms with Crippen LogP contribution in [0, 0.1) is 0 Å². The molecule has 2 rings (SSSR count). The number of methoxy groups -OCH3 is 1. The number of hydrogen-bond donors (Lipinski definition) is 1. The molecule has 4 heteroatoms. The summed E-state index contributed by atoms with van der Waals surface area (Å²) in [5.74, 6) is 0.921. The van der Waals surface area contributed by atoms with E-state index in [-0.39, 0.29) is 0 Å². The van der Waals surface area contributed by atoms with Crippen molar-refractivity contribution in [3.05, 3.63) is 50.6 Å². The SMILES string of the molecule is CNC(Cc1cccc(OC)c1)Cc1sccc1Br.